The van der Waals surface area contributed by atoms with E-state index >= 15 is 0 Å². The number of hydrogen-bond acceptors (Lipinski definition) is 4. The SMILES string of the molecule is COc1c(NC(C)(C)C)c2c(c(O)c1C(C)NC(C)(C)C)CCCC2. The van der Waals surface area contributed by atoms with Crippen molar-refractivity contribution in [2.75, 3.05) is 12.4 Å². The van der Waals surface area contributed by atoms with Crippen molar-refractivity contribution in [1.82, 2.24) is 5.32 Å². The van der Waals surface area contributed by atoms with Gasteiger partial charge in [-0.25, -0.2) is 0 Å². The number of rotatable bonds is 4. The Kier molecular flexibility index (Phi) is 5.62. The Morgan fingerprint density at radius 1 is 0.960 bits per heavy atom. The van der Waals surface area contributed by atoms with Gasteiger partial charge in [0.25, 0.3) is 0 Å². The molecule has 0 bridgehead atoms. The number of phenols is 1. The summed E-state index contributed by atoms with van der Waals surface area (Å²) in [6.07, 6.45) is 4.20. The van der Waals surface area contributed by atoms with Crippen LogP contribution in [0.1, 0.15) is 84.0 Å². The van der Waals surface area contributed by atoms with Crippen molar-refractivity contribution < 1.29 is 9.84 Å². The molecular formula is C21H36N2O2. The van der Waals surface area contributed by atoms with Gasteiger partial charge in [0, 0.05) is 17.1 Å². The van der Waals surface area contributed by atoms with Crippen molar-refractivity contribution in [3.05, 3.63) is 16.7 Å². The highest BCUT2D eigenvalue weighted by atomic mass is 16.5. The fourth-order valence-electron chi connectivity index (χ4n) is 3.83. The molecule has 1 atom stereocenters. The number of fused-ring (bicyclic) bond motifs is 1. The first-order chi connectivity index (χ1) is 11.4. The molecule has 0 aromatic heterocycles. The van der Waals surface area contributed by atoms with Crippen molar-refractivity contribution in [3.63, 3.8) is 0 Å². The maximum atomic E-state index is 11.1. The van der Waals surface area contributed by atoms with E-state index < -0.39 is 0 Å². The van der Waals surface area contributed by atoms with Crippen molar-refractivity contribution in [2.45, 2.75) is 91.3 Å². The highest BCUT2D eigenvalue weighted by molar-refractivity contribution is 5.74. The number of hydrogen-bond donors (Lipinski definition) is 3. The molecule has 0 fully saturated rings. The fraction of sp³-hybridized carbons (Fsp3) is 0.714. The summed E-state index contributed by atoms with van der Waals surface area (Å²) >= 11 is 0. The van der Waals surface area contributed by atoms with Gasteiger partial charge >= 0.3 is 0 Å². The summed E-state index contributed by atoms with van der Waals surface area (Å²) in [4.78, 5) is 0. The second-order valence-corrected chi connectivity index (χ2v) is 9.33. The summed E-state index contributed by atoms with van der Waals surface area (Å²) in [6.45, 7) is 15.0. The molecule has 0 spiro atoms. The number of aromatic hydroxyl groups is 1. The zero-order chi connectivity index (χ0) is 19.0. The molecule has 142 valence electrons. The van der Waals surface area contributed by atoms with Gasteiger partial charge in [-0.15, -0.1) is 0 Å². The van der Waals surface area contributed by atoms with Crippen LogP contribution in [0, 0.1) is 0 Å². The first-order valence-corrected chi connectivity index (χ1v) is 9.45. The van der Waals surface area contributed by atoms with Gasteiger partial charge in [-0.3, -0.25) is 0 Å². The van der Waals surface area contributed by atoms with Crippen LogP contribution in [0.2, 0.25) is 0 Å². The van der Waals surface area contributed by atoms with Crippen molar-refractivity contribution in [3.8, 4) is 11.5 Å². The van der Waals surface area contributed by atoms with E-state index in [1.807, 2.05) is 0 Å². The lowest BCUT2D eigenvalue weighted by molar-refractivity contribution is 0.346. The van der Waals surface area contributed by atoms with Gasteiger partial charge < -0.3 is 20.5 Å². The van der Waals surface area contributed by atoms with E-state index in [1.165, 1.54) is 5.56 Å². The van der Waals surface area contributed by atoms with Gasteiger partial charge in [-0.05, 0) is 85.3 Å². The van der Waals surface area contributed by atoms with E-state index in [4.69, 9.17) is 4.74 Å². The second kappa shape index (κ2) is 7.06. The minimum atomic E-state index is -0.0760. The average molecular weight is 349 g/mol. The molecule has 4 nitrogen and oxygen atoms in total. The van der Waals surface area contributed by atoms with Crippen LogP contribution in [0.3, 0.4) is 0 Å². The number of phenolic OH excluding ortho intramolecular Hbond substituents is 1. The average Bonchev–Trinajstić information content (AvgIpc) is 2.46. The zero-order valence-electron chi connectivity index (χ0n) is 17.3. The Morgan fingerprint density at radius 2 is 1.52 bits per heavy atom. The van der Waals surface area contributed by atoms with E-state index in [1.54, 1.807) is 7.11 Å². The maximum Gasteiger partial charge on any atom is 0.150 e. The summed E-state index contributed by atoms with van der Waals surface area (Å²) in [7, 11) is 1.70. The number of methoxy groups -OCH3 is 1. The van der Waals surface area contributed by atoms with Crippen molar-refractivity contribution >= 4 is 5.69 Å². The van der Waals surface area contributed by atoms with Crippen LogP contribution in [0.25, 0.3) is 0 Å². The summed E-state index contributed by atoms with van der Waals surface area (Å²) in [6, 6.07) is -0.0114. The molecular weight excluding hydrogens is 312 g/mol. The smallest absolute Gasteiger partial charge is 0.150 e. The molecule has 0 heterocycles. The Bertz CT molecular complexity index is 624. The number of ether oxygens (including phenoxy) is 1. The van der Waals surface area contributed by atoms with Gasteiger partial charge in [0.15, 0.2) is 5.75 Å². The lowest BCUT2D eigenvalue weighted by Crippen LogP contribution is -2.38. The van der Waals surface area contributed by atoms with Crippen LogP contribution in [0.4, 0.5) is 5.69 Å². The summed E-state index contributed by atoms with van der Waals surface area (Å²) < 4.78 is 5.84. The maximum absolute atomic E-state index is 11.1. The molecule has 1 aromatic rings. The molecule has 1 aliphatic carbocycles. The normalized spacial score (nSPS) is 16.3. The largest absolute Gasteiger partial charge is 0.507 e. The minimum absolute atomic E-state index is 0.0114. The van der Waals surface area contributed by atoms with Gasteiger partial charge in [-0.2, -0.15) is 0 Å². The van der Waals surface area contributed by atoms with Crippen LogP contribution in [-0.2, 0) is 12.8 Å². The van der Waals surface area contributed by atoms with Crippen LogP contribution in [0.5, 0.6) is 11.5 Å². The molecule has 1 unspecified atom stereocenters. The van der Waals surface area contributed by atoms with Gasteiger partial charge in [0.2, 0.25) is 0 Å². The Labute approximate surface area is 153 Å². The van der Waals surface area contributed by atoms with E-state index in [2.05, 4.69) is 59.1 Å². The van der Waals surface area contributed by atoms with Gasteiger partial charge in [0.05, 0.1) is 18.4 Å². The quantitative estimate of drug-likeness (QED) is 0.675. The second-order valence-electron chi connectivity index (χ2n) is 9.33. The third kappa shape index (κ3) is 4.60. The number of nitrogens with one attached hydrogen (secondary N) is 2. The van der Waals surface area contributed by atoms with E-state index in [0.29, 0.717) is 5.75 Å². The van der Waals surface area contributed by atoms with Gasteiger partial charge in [0.1, 0.15) is 5.75 Å². The lowest BCUT2D eigenvalue weighted by atomic mass is 9.85. The van der Waals surface area contributed by atoms with Crippen LogP contribution < -0.4 is 15.4 Å². The molecule has 1 aromatic carbocycles. The molecule has 0 amide bonds. The first-order valence-electron chi connectivity index (χ1n) is 9.45. The molecule has 0 saturated heterocycles. The standard InChI is InChI=1S/C21H36N2O2/c1-13(22-20(2,3)4)16-18(24)15-12-10-9-11-14(15)17(19(16)25-8)23-21(5,6)7/h13,22-24H,9-12H2,1-8H3. The lowest BCUT2D eigenvalue weighted by Gasteiger charge is -2.34. The van der Waals surface area contributed by atoms with Crippen LogP contribution in [-0.4, -0.2) is 23.3 Å². The van der Waals surface area contributed by atoms with E-state index in [0.717, 1.165) is 48.2 Å². The molecule has 25 heavy (non-hydrogen) atoms. The zero-order valence-corrected chi connectivity index (χ0v) is 17.3. The first kappa shape index (κ1) is 19.9. The predicted molar refractivity (Wildman–Crippen MR) is 106 cm³/mol. The summed E-state index contributed by atoms with van der Waals surface area (Å²) in [5.41, 5.74) is 4.11. The molecule has 0 aliphatic heterocycles. The highest BCUT2D eigenvalue weighted by Crippen LogP contribution is 2.48. The van der Waals surface area contributed by atoms with Gasteiger partial charge in [-0.1, -0.05) is 0 Å². The van der Waals surface area contributed by atoms with Crippen molar-refractivity contribution in [2.24, 2.45) is 0 Å². The Balaban J connectivity index is 2.67. The van der Waals surface area contributed by atoms with Crippen molar-refractivity contribution in [1.29, 1.82) is 0 Å². The van der Waals surface area contributed by atoms with Crippen LogP contribution in [0.15, 0.2) is 0 Å². The molecule has 1 aliphatic rings. The number of anilines is 1. The minimum Gasteiger partial charge on any atom is -0.507 e. The fourth-order valence-corrected chi connectivity index (χ4v) is 3.83. The molecule has 0 radical (unpaired) electrons. The summed E-state index contributed by atoms with van der Waals surface area (Å²) in [5.74, 6) is 1.19. The molecule has 2 rings (SSSR count). The van der Waals surface area contributed by atoms with E-state index in [9.17, 15) is 5.11 Å². The monoisotopic (exact) mass is 348 g/mol. The summed E-state index contributed by atoms with van der Waals surface area (Å²) in [5, 5.41) is 18.3. The molecule has 3 N–H and O–H groups in total. The van der Waals surface area contributed by atoms with E-state index in [-0.39, 0.29) is 17.1 Å². The third-order valence-electron chi connectivity index (χ3n) is 4.57. The molecule has 0 saturated carbocycles. The Hall–Kier alpha value is -1.42. The highest BCUT2D eigenvalue weighted by Gasteiger charge is 2.31. The Morgan fingerprint density at radius 3 is 2.00 bits per heavy atom. The third-order valence-corrected chi connectivity index (χ3v) is 4.57. The predicted octanol–water partition coefficient (Wildman–Crippen LogP) is 4.94. The van der Waals surface area contributed by atoms with Crippen LogP contribution >= 0.6 is 0 Å². The number of benzene rings is 1. The topological polar surface area (TPSA) is 53.5 Å². The molecule has 4 heteroatoms.